The highest BCUT2D eigenvalue weighted by atomic mass is 16.7. The molecule has 19 nitrogen and oxygen atoms in total. The lowest BCUT2D eigenvalue weighted by Crippen LogP contribution is -2.60. The van der Waals surface area contributed by atoms with Gasteiger partial charge in [0.1, 0.15) is 30.0 Å². The van der Waals surface area contributed by atoms with Crippen LogP contribution in [0.4, 0.5) is 0 Å². The summed E-state index contributed by atoms with van der Waals surface area (Å²) in [5.74, 6) is -3.31. The van der Waals surface area contributed by atoms with Gasteiger partial charge in [-0.25, -0.2) is 0 Å². The van der Waals surface area contributed by atoms with Gasteiger partial charge in [0, 0.05) is 69.6 Å². The number of nitrogens with one attached hydrogen (secondary N) is 1. The minimum atomic E-state index is -1.93. The Bertz CT molecular complexity index is 1770. The lowest BCUT2D eigenvalue weighted by atomic mass is 9.77. The third-order valence-electron chi connectivity index (χ3n) is 14.7. The Morgan fingerprint density at radius 3 is 2.16 bits per heavy atom. The number of hydrogen-bond donors (Lipinski definition) is 7. The summed E-state index contributed by atoms with van der Waals surface area (Å²) < 4.78 is 38.0. The average molecular weight is 998 g/mol. The third kappa shape index (κ3) is 16.2. The molecule has 0 unspecified atom stereocenters. The van der Waals surface area contributed by atoms with Gasteiger partial charge in [-0.3, -0.25) is 24.1 Å². The van der Waals surface area contributed by atoms with Gasteiger partial charge in [-0.05, 0) is 94.2 Å². The lowest BCUT2D eigenvalue weighted by molar-refractivity contribution is -0.318. The summed E-state index contributed by atoms with van der Waals surface area (Å²) in [7, 11) is 5.23. The van der Waals surface area contributed by atoms with Crippen LogP contribution in [0.15, 0.2) is 30.3 Å². The number of ether oxygens (including phenoxy) is 6. The molecular weight excluding hydrogens is 911 g/mol. The van der Waals surface area contributed by atoms with Crippen molar-refractivity contribution >= 4 is 24.1 Å². The molecule has 0 saturated carbocycles. The number of carbonyl (C=O) groups excluding carboxylic acids is 3. The van der Waals surface area contributed by atoms with Gasteiger partial charge < -0.3 is 69.3 Å². The average Bonchev–Trinajstić information content (AvgIpc) is 3.30. The summed E-state index contributed by atoms with van der Waals surface area (Å²) in [6.07, 6.45) is -8.62. The molecule has 0 aromatic heterocycles. The molecule has 0 bridgehead atoms. The summed E-state index contributed by atoms with van der Waals surface area (Å²) in [6.45, 7) is 18.1. The van der Waals surface area contributed by atoms with E-state index in [1.165, 1.54) is 14.0 Å². The number of carboxylic acid groups (broad SMARTS) is 1. The number of nitrogens with zero attached hydrogens (tertiary/aromatic N) is 2. The van der Waals surface area contributed by atoms with E-state index in [0.717, 1.165) is 0 Å². The Labute approximate surface area is 415 Å². The first kappa shape index (κ1) is 61.1. The molecular formula is C51H87N3O16. The van der Waals surface area contributed by atoms with Gasteiger partial charge in [0.25, 0.3) is 6.47 Å². The Morgan fingerprint density at radius 2 is 1.57 bits per heavy atom. The van der Waals surface area contributed by atoms with Crippen molar-refractivity contribution in [2.45, 2.75) is 204 Å². The molecule has 3 aliphatic rings. The van der Waals surface area contributed by atoms with Crippen LogP contribution in [-0.2, 0) is 42.8 Å². The van der Waals surface area contributed by atoms with Crippen molar-refractivity contribution in [1.29, 1.82) is 0 Å². The highest BCUT2D eigenvalue weighted by Crippen LogP contribution is 2.40. The first-order chi connectivity index (χ1) is 32.7. The van der Waals surface area contributed by atoms with Crippen LogP contribution < -0.4 is 5.32 Å². The van der Waals surface area contributed by atoms with E-state index in [9.17, 15) is 39.9 Å². The van der Waals surface area contributed by atoms with Gasteiger partial charge in [0.15, 0.2) is 18.4 Å². The second-order valence-electron chi connectivity index (χ2n) is 20.8. The van der Waals surface area contributed by atoms with Crippen molar-refractivity contribution in [2.24, 2.45) is 17.8 Å². The Kier molecular flexibility index (Phi) is 23.8. The van der Waals surface area contributed by atoms with E-state index in [4.69, 9.17) is 38.3 Å². The standard InChI is InChI=1S/C50H85N3O14.CH2O2/c1-14-38-50(10,61)43(57)33(6)53(24-18-23-51-39(55)22-21-37(54)35-19-16-15-17-20-35)28-29(2)26-48(8,60)45(67-47-41(56)36(52(11)12)25-30(3)63-47)31(4)42(32(5)46(59)65-38)66-40-27-49(9,62-13)44(58)34(7)64-40;2-1-3/h15-17,19-20,29-34,36,38,40-45,47,56-58,60-61H,14,18,21-28H2,1-13H3,(H,51,55);1H,(H,2,3)/t29-,30-,31+,32-,33-,34+,36+,38-,40+,41-,42+,43-,44+,45-,47+,48-,49-,50-;/m1./s1. The maximum Gasteiger partial charge on any atom is 0.311 e. The quantitative estimate of drug-likeness (QED) is 0.0576. The zero-order chi connectivity index (χ0) is 52.9. The fourth-order valence-electron chi connectivity index (χ4n) is 10.5. The number of likely N-dealkylation sites (N-methyl/N-ethyl adjacent to an activating group) is 1. The summed E-state index contributed by atoms with van der Waals surface area (Å²) >= 11 is 0. The van der Waals surface area contributed by atoms with Crippen molar-refractivity contribution in [3.63, 3.8) is 0 Å². The van der Waals surface area contributed by atoms with Crippen LogP contribution >= 0.6 is 0 Å². The summed E-state index contributed by atoms with van der Waals surface area (Å²) in [5, 5.41) is 69.6. The molecule has 0 aliphatic carbocycles. The SMILES string of the molecule is CC[C@H]1OC(=O)[C@H](C)[C@@H](O[C@H]2C[C@@](C)(OC)[C@@H](O)[C@H](C)O2)[C@H](C)[C@@H](O[C@@H]2O[C@H](C)C[C@H](N(C)C)[C@H]2O)[C@](C)(O)C[C@@H](C)CN(CCCNC(=O)CCC(=O)c2ccccc2)[C@H](C)[C@@H](O)[C@]1(C)O.O=CO. The first-order valence-corrected chi connectivity index (χ1v) is 24.9. The van der Waals surface area contributed by atoms with E-state index in [2.05, 4.69) is 5.32 Å². The zero-order valence-corrected chi connectivity index (χ0v) is 43.9. The number of aliphatic hydroxyl groups is 5. The maximum atomic E-state index is 14.5. The van der Waals surface area contributed by atoms with Gasteiger partial charge in [-0.15, -0.1) is 0 Å². The van der Waals surface area contributed by atoms with Crippen LogP contribution in [0.3, 0.4) is 0 Å². The molecule has 3 aliphatic heterocycles. The highest BCUT2D eigenvalue weighted by molar-refractivity contribution is 5.97. The van der Waals surface area contributed by atoms with E-state index in [0.29, 0.717) is 31.5 Å². The molecule has 70 heavy (non-hydrogen) atoms. The number of rotatable bonds is 15. The molecule has 19 heteroatoms. The van der Waals surface area contributed by atoms with Gasteiger partial charge in [-0.2, -0.15) is 0 Å². The zero-order valence-electron chi connectivity index (χ0n) is 43.9. The number of carbonyl (C=O) groups is 4. The van der Waals surface area contributed by atoms with Gasteiger partial charge in [0.2, 0.25) is 5.91 Å². The van der Waals surface area contributed by atoms with Crippen molar-refractivity contribution < 1.29 is 78.2 Å². The fourth-order valence-corrected chi connectivity index (χ4v) is 10.5. The third-order valence-corrected chi connectivity index (χ3v) is 14.7. The van der Waals surface area contributed by atoms with Crippen LogP contribution in [-0.4, -0.2) is 196 Å². The molecule has 3 fully saturated rings. The predicted octanol–water partition coefficient (Wildman–Crippen LogP) is 3.14. The van der Waals surface area contributed by atoms with Crippen LogP contribution in [0.1, 0.15) is 125 Å². The van der Waals surface area contributed by atoms with Gasteiger partial charge in [-0.1, -0.05) is 51.1 Å². The van der Waals surface area contributed by atoms with E-state index in [-0.39, 0.29) is 74.9 Å². The monoisotopic (exact) mass is 998 g/mol. The number of hydrogen-bond acceptors (Lipinski definition) is 17. The van der Waals surface area contributed by atoms with E-state index < -0.39 is 96.0 Å². The van der Waals surface area contributed by atoms with Crippen molar-refractivity contribution in [3.05, 3.63) is 35.9 Å². The Morgan fingerprint density at radius 1 is 0.943 bits per heavy atom. The van der Waals surface area contributed by atoms with Gasteiger partial charge >= 0.3 is 5.97 Å². The van der Waals surface area contributed by atoms with Crippen molar-refractivity contribution in [1.82, 2.24) is 15.1 Å². The summed E-state index contributed by atoms with van der Waals surface area (Å²) in [4.78, 5) is 52.2. The molecule has 3 saturated heterocycles. The summed E-state index contributed by atoms with van der Waals surface area (Å²) in [5.41, 5.74) is -4.12. The lowest BCUT2D eigenvalue weighted by Gasteiger charge is -2.48. The molecule has 4 rings (SSSR count). The molecule has 1 aromatic rings. The van der Waals surface area contributed by atoms with Crippen LogP contribution in [0.25, 0.3) is 0 Å². The van der Waals surface area contributed by atoms with E-state index in [1.54, 1.807) is 72.7 Å². The first-order valence-electron chi connectivity index (χ1n) is 24.9. The number of ketones is 1. The van der Waals surface area contributed by atoms with Crippen molar-refractivity contribution in [3.8, 4) is 0 Å². The highest BCUT2D eigenvalue weighted by Gasteiger charge is 2.53. The van der Waals surface area contributed by atoms with E-state index in [1.807, 2.05) is 43.8 Å². The molecule has 1 amide bonds. The molecule has 7 N–H and O–H groups in total. The molecule has 0 spiro atoms. The number of Topliss-reactive ketones (excluding diaryl/α,β-unsaturated/α-hetero) is 1. The Balaban J connectivity index is 0.00000421. The number of cyclic esters (lactones) is 1. The fraction of sp³-hybridized carbons (Fsp3) is 0.804. The number of esters is 1. The molecule has 3 heterocycles. The minimum absolute atomic E-state index is 0.0327. The predicted molar refractivity (Wildman–Crippen MR) is 259 cm³/mol. The smallest absolute Gasteiger partial charge is 0.311 e. The Hall–Kier alpha value is -3.18. The molecule has 1 aromatic carbocycles. The molecule has 402 valence electrons. The van der Waals surface area contributed by atoms with Crippen molar-refractivity contribution in [2.75, 3.05) is 40.8 Å². The molecule has 0 radical (unpaired) electrons. The number of aliphatic hydroxyl groups excluding tert-OH is 3. The number of amides is 1. The second-order valence-corrected chi connectivity index (χ2v) is 20.8. The number of benzene rings is 1. The van der Waals surface area contributed by atoms with E-state index >= 15 is 0 Å². The topological polar surface area (TPSA) is 264 Å². The minimum Gasteiger partial charge on any atom is -0.483 e. The summed E-state index contributed by atoms with van der Waals surface area (Å²) in [6, 6.07) is 7.79. The van der Waals surface area contributed by atoms with Crippen LogP contribution in [0.5, 0.6) is 0 Å². The second kappa shape index (κ2) is 27.2. The maximum absolute atomic E-state index is 14.5. The molecule has 18 atom stereocenters. The van der Waals surface area contributed by atoms with Gasteiger partial charge in [0.05, 0.1) is 41.5 Å². The van der Waals surface area contributed by atoms with Crippen LogP contribution in [0, 0.1) is 17.8 Å². The number of methoxy groups -OCH3 is 1. The van der Waals surface area contributed by atoms with Crippen LogP contribution in [0.2, 0.25) is 0 Å². The normalized spacial score (nSPS) is 39.4. The largest absolute Gasteiger partial charge is 0.483 e.